The maximum absolute atomic E-state index is 8.20. The van der Waals surface area contributed by atoms with E-state index in [2.05, 4.69) is 4.74 Å². The molecule has 0 aromatic heterocycles. The summed E-state index contributed by atoms with van der Waals surface area (Å²) in [5.74, 6) is 0. The van der Waals surface area contributed by atoms with Gasteiger partial charge in [0, 0.05) is 7.11 Å². The zero-order chi connectivity index (χ0) is 6.24. The van der Waals surface area contributed by atoms with Crippen molar-refractivity contribution in [2.24, 2.45) is 0 Å². The van der Waals surface area contributed by atoms with Gasteiger partial charge in [0.2, 0.25) is 0 Å². The molecule has 0 heterocycles. The van der Waals surface area contributed by atoms with E-state index in [1.807, 2.05) is 0 Å². The third-order valence-electron chi connectivity index (χ3n) is 0.667. The Kier molecular flexibility index (Phi) is 15.3. The predicted molar refractivity (Wildman–Crippen MR) is 36.9 cm³/mol. The minimum atomic E-state index is 0. The molecule has 0 spiro atoms. The Morgan fingerprint density at radius 3 is 2.33 bits per heavy atom. The molecular weight excluding hydrogens is 115 g/mol. The zero-order valence-corrected chi connectivity index (χ0v) is 5.09. The normalized spacial score (nSPS) is 8.67. The molecule has 0 aliphatic carbocycles. The molecule has 1 N–H and O–H groups in total. The van der Waals surface area contributed by atoms with Gasteiger partial charge in [0.15, 0.2) is 0 Å². The first-order valence-electron chi connectivity index (χ1n) is 2.59. The predicted octanol–water partition coefficient (Wildman–Crippen LogP) is -1.01. The van der Waals surface area contributed by atoms with E-state index >= 15 is 0 Å². The summed E-state index contributed by atoms with van der Waals surface area (Å²) in [6.07, 6.45) is 0. The molecular formula is C5H13LiO3. The van der Waals surface area contributed by atoms with Crippen LogP contribution in [0.3, 0.4) is 0 Å². The number of hydrogen-bond donors (Lipinski definition) is 1. The summed E-state index contributed by atoms with van der Waals surface area (Å²) < 4.78 is 9.53. The van der Waals surface area contributed by atoms with Gasteiger partial charge in [-0.1, -0.05) is 0 Å². The van der Waals surface area contributed by atoms with Crippen molar-refractivity contribution in [2.75, 3.05) is 33.5 Å². The molecule has 0 saturated carbocycles. The van der Waals surface area contributed by atoms with E-state index in [0.717, 1.165) is 0 Å². The first kappa shape index (κ1) is 12.2. The van der Waals surface area contributed by atoms with Crippen molar-refractivity contribution in [2.45, 2.75) is 0 Å². The van der Waals surface area contributed by atoms with E-state index in [-0.39, 0.29) is 25.5 Å². The van der Waals surface area contributed by atoms with Gasteiger partial charge in [0.1, 0.15) is 0 Å². The molecule has 0 atom stereocenters. The Labute approximate surface area is 67.5 Å². The Bertz CT molecular complexity index is 37.2. The molecule has 0 aliphatic rings. The molecule has 3 nitrogen and oxygen atoms in total. The van der Waals surface area contributed by atoms with E-state index in [0.29, 0.717) is 19.8 Å². The molecule has 0 aromatic rings. The molecule has 0 unspecified atom stereocenters. The van der Waals surface area contributed by atoms with Crippen molar-refractivity contribution >= 4 is 18.9 Å². The van der Waals surface area contributed by atoms with E-state index in [1.165, 1.54) is 0 Å². The van der Waals surface area contributed by atoms with Crippen LogP contribution < -0.4 is 0 Å². The molecule has 0 amide bonds. The first-order chi connectivity index (χ1) is 3.91. The topological polar surface area (TPSA) is 38.7 Å². The van der Waals surface area contributed by atoms with Crippen molar-refractivity contribution in [3.8, 4) is 0 Å². The maximum atomic E-state index is 8.20. The number of methoxy groups -OCH3 is 1. The van der Waals surface area contributed by atoms with Crippen LogP contribution in [0.1, 0.15) is 0 Å². The summed E-state index contributed by atoms with van der Waals surface area (Å²) in [5.41, 5.74) is 0. The Hall–Kier alpha value is 0.477. The van der Waals surface area contributed by atoms with Crippen LogP contribution in [-0.4, -0.2) is 57.5 Å². The number of aliphatic hydroxyl groups excluding tert-OH is 1. The van der Waals surface area contributed by atoms with Gasteiger partial charge in [-0.2, -0.15) is 0 Å². The average Bonchev–Trinajstić information content (AvgIpc) is 1.81. The molecule has 0 rings (SSSR count). The van der Waals surface area contributed by atoms with Crippen molar-refractivity contribution < 1.29 is 14.6 Å². The Morgan fingerprint density at radius 2 is 1.89 bits per heavy atom. The number of hydrogen-bond acceptors (Lipinski definition) is 3. The molecule has 0 radical (unpaired) electrons. The molecule has 0 aromatic carbocycles. The van der Waals surface area contributed by atoms with Gasteiger partial charge in [0.25, 0.3) is 0 Å². The summed E-state index contributed by atoms with van der Waals surface area (Å²) in [4.78, 5) is 0. The second-order valence-corrected chi connectivity index (χ2v) is 1.33. The van der Waals surface area contributed by atoms with Gasteiger partial charge in [-0.3, -0.25) is 0 Å². The summed E-state index contributed by atoms with van der Waals surface area (Å²) in [6.45, 7) is 1.66. The van der Waals surface area contributed by atoms with Crippen LogP contribution in [-0.2, 0) is 9.47 Å². The molecule has 0 bridgehead atoms. The molecule has 0 saturated heterocycles. The quantitative estimate of drug-likeness (QED) is 0.381. The van der Waals surface area contributed by atoms with E-state index < -0.39 is 0 Å². The van der Waals surface area contributed by atoms with Crippen molar-refractivity contribution in [1.82, 2.24) is 0 Å². The van der Waals surface area contributed by atoms with E-state index in [9.17, 15) is 0 Å². The fourth-order valence-electron chi connectivity index (χ4n) is 0.309. The van der Waals surface area contributed by atoms with E-state index in [1.54, 1.807) is 7.11 Å². The number of rotatable bonds is 5. The monoisotopic (exact) mass is 128 g/mol. The van der Waals surface area contributed by atoms with Gasteiger partial charge in [0.05, 0.1) is 26.4 Å². The summed E-state index contributed by atoms with van der Waals surface area (Å²) in [7, 11) is 1.61. The molecule has 9 heavy (non-hydrogen) atoms. The van der Waals surface area contributed by atoms with Gasteiger partial charge in [-0.05, 0) is 0 Å². The van der Waals surface area contributed by atoms with Crippen molar-refractivity contribution in [1.29, 1.82) is 0 Å². The van der Waals surface area contributed by atoms with E-state index in [4.69, 9.17) is 9.84 Å². The third-order valence-corrected chi connectivity index (χ3v) is 0.667. The van der Waals surface area contributed by atoms with Gasteiger partial charge in [-0.15, -0.1) is 0 Å². The standard InChI is InChI=1S/C5H12O3.Li.H/c1-7-4-5-8-3-2-6;;/h6H,2-5H2,1H3;;. The molecule has 52 valence electrons. The molecule has 0 fully saturated rings. The average molecular weight is 128 g/mol. The second-order valence-electron chi connectivity index (χ2n) is 1.33. The van der Waals surface area contributed by atoms with Gasteiger partial charge in [-0.25, -0.2) is 0 Å². The van der Waals surface area contributed by atoms with Crippen LogP contribution in [0.2, 0.25) is 0 Å². The SMILES string of the molecule is COCCOCCO.[LiH]. The number of ether oxygens (including phenoxy) is 2. The van der Waals surface area contributed by atoms with Gasteiger partial charge >= 0.3 is 18.9 Å². The first-order valence-corrected chi connectivity index (χ1v) is 2.59. The zero-order valence-electron chi connectivity index (χ0n) is 5.09. The minimum absolute atomic E-state index is 0. The van der Waals surface area contributed by atoms with Crippen LogP contribution in [0.15, 0.2) is 0 Å². The van der Waals surface area contributed by atoms with Gasteiger partial charge < -0.3 is 14.6 Å². The van der Waals surface area contributed by atoms with Crippen LogP contribution in [0, 0.1) is 0 Å². The Balaban J connectivity index is 0. The third kappa shape index (κ3) is 11.9. The molecule has 0 aliphatic heterocycles. The fourth-order valence-corrected chi connectivity index (χ4v) is 0.309. The van der Waals surface area contributed by atoms with Crippen LogP contribution in [0.5, 0.6) is 0 Å². The fraction of sp³-hybridized carbons (Fsp3) is 1.00. The summed E-state index contributed by atoms with van der Waals surface area (Å²) in [6, 6.07) is 0. The van der Waals surface area contributed by atoms with Crippen LogP contribution in [0.4, 0.5) is 0 Å². The van der Waals surface area contributed by atoms with Crippen molar-refractivity contribution in [3.05, 3.63) is 0 Å². The van der Waals surface area contributed by atoms with Crippen LogP contribution in [0.25, 0.3) is 0 Å². The van der Waals surface area contributed by atoms with Crippen LogP contribution >= 0.6 is 0 Å². The molecule has 4 heteroatoms. The van der Waals surface area contributed by atoms with Crippen molar-refractivity contribution in [3.63, 3.8) is 0 Å². The summed E-state index contributed by atoms with van der Waals surface area (Å²) in [5, 5.41) is 8.20. The Morgan fingerprint density at radius 1 is 1.22 bits per heavy atom. The summed E-state index contributed by atoms with van der Waals surface area (Å²) >= 11 is 0. The number of aliphatic hydroxyl groups is 1. The second kappa shape index (κ2) is 11.3.